The number of carbonyl (C=O) groups is 3. The fourth-order valence-electron chi connectivity index (χ4n) is 2.01. The van der Waals surface area contributed by atoms with Gasteiger partial charge in [-0.2, -0.15) is 0 Å². The van der Waals surface area contributed by atoms with Crippen LogP contribution in [0.15, 0.2) is 30.3 Å². The fourth-order valence-corrected chi connectivity index (χ4v) is 2.01. The second-order valence-corrected chi connectivity index (χ2v) is 4.93. The van der Waals surface area contributed by atoms with E-state index in [-0.39, 0.29) is 18.7 Å². The maximum atomic E-state index is 11.8. The number of carboxylic acid groups (broad SMARTS) is 1. The molecule has 0 aromatic heterocycles. The molecule has 1 atom stereocenters. The van der Waals surface area contributed by atoms with Crippen molar-refractivity contribution in [2.75, 3.05) is 7.11 Å². The molecule has 0 radical (unpaired) electrons. The molecule has 0 spiro atoms. The maximum Gasteiger partial charge on any atom is 0.328 e. The summed E-state index contributed by atoms with van der Waals surface area (Å²) in [5.41, 5.74) is 0.920. The molecule has 0 fully saturated rings. The van der Waals surface area contributed by atoms with Gasteiger partial charge < -0.3 is 15.2 Å². The van der Waals surface area contributed by atoms with Crippen LogP contribution in [0.5, 0.6) is 0 Å². The van der Waals surface area contributed by atoms with Crippen LogP contribution < -0.4 is 5.32 Å². The minimum Gasteiger partial charge on any atom is -0.481 e. The van der Waals surface area contributed by atoms with Gasteiger partial charge in [-0.1, -0.05) is 30.3 Å². The highest BCUT2D eigenvalue weighted by atomic mass is 16.5. The Morgan fingerprint density at radius 3 is 2.36 bits per heavy atom. The Hall–Kier alpha value is -2.37. The van der Waals surface area contributed by atoms with Crippen molar-refractivity contribution < 1.29 is 24.2 Å². The molecule has 1 aromatic carbocycles. The minimum absolute atomic E-state index is 0.0394. The van der Waals surface area contributed by atoms with Crippen LogP contribution in [0, 0.1) is 0 Å². The van der Waals surface area contributed by atoms with E-state index in [0.717, 1.165) is 5.56 Å². The molecule has 0 saturated carbocycles. The Bertz CT molecular complexity index is 501. The van der Waals surface area contributed by atoms with Crippen molar-refractivity contribution >= 4 is 17.8 Å². The van der Waals surface area contributed by atoms with E-state index in [1.54, 1.807) is 0 Å². The van der Waals surface area contributed by atoms with Crippen LogP contribution in [-0.2, 0) is 25.5 Å². The van der Waals surface area contributed by atoms with Gasteiger partial charge >= 0.3 is 11.9 Å². The summed E-state index contributed by atoms with van der Waals surface area (Å²) in [6, 6.07) is 8.59. The number of esters is 1. The lowest BCUT2D eigenvalue weighted by atomic mass is 10.1. The first kappa shape index (κ1) is 17.7. The van der Waals surface area contributed by atoms with Gasteiger partial charge in [-0.05, 0) is 18.4 Å². The number of unbranched alkanes of at least 4 members (excludes halogenated alkanes) is 1. The van der Waals surface area contributed by atoms with Crippen LogP contribution in [0.1, 0.15) is 31.2 Å². The van der Waals surface area contributed by atoms with Crippen LogP contribution in [0.25, 0.3) is 0 Å². The van der Waals surface area contributed by atoms with E-state index in [1.807, 2.05) is 30.3 Å². The topological polar surface area (TPSA) is 92.7 Å². The average Bonchev–Trinajstić information content (AvgIpc) is 2.51. The number of aliphatic carboxylic acids is 1. The highest BCUT2D eigenvalue weighted by molar-refractivity contribution is 5.84. The van der Waals surface area contributed by atoms with Gasteiger partial charge in [0.25, 0.3) is 0 Å². The van der Waals surface area contributed by atoms with Crippen LogP contribution in [0.4, 0.5) is 0 Å². The van der Waals surface area contributed by atoms with Crippen molar-refractivity contribution in [3.8, 4) is 0 Å². The molecular formula is C16H21NO5. The maximum absolute atomic E-state index is 11.8. The van der Waals surface area contributed by atoms with Crippen LogP contribution >= 0.6 is 0 Å². The zero-order valence-corrected chi connectivity index (χ0v) is 12.6. The number of nitrogens with one attached hydrogen (secondary N) is 1. The van der Waals surface area contributed by atoms with Gasteiger partial charge in [0.05, 0.1) is 7.11 Å². The highest BCUT2D eigenvalue weighted by Crippen LogP contribution is 2.06. The third kappa shape index (κ3) is 6.88. The van der Waals surface area contributed by atoms with Crippen molar-refractivity contribution in [3.63, 3.8) is 0 Å². The summed E-state index contributed by atoms with van der Waals surface area (Å²) in [6.45, 7) is 0. The molecule has 0 heterocycles. The van der Waals surface area contributed by atoms with Crippen LogP contribution in [-0.4, -0.2) is 36.1 Å². The summed E-state index contributed by atoms with van der Waals surface area (Å²) in [5, 5.41) is 11.2. The van der Waals surface area contributed by atoms with Crippen molar-refractivity contribution in [3.05, 3.63) is 35.9 Å². The molecule has 120 valence electrons. The van der Waals surface area contributed by atoms with Gasteiger partial charge in [-0.3, -0.25) is 9.59 Å². The third-order valence-corrected chi connectivity index (χ3v) is 3.15. The molecule has 22 heavy (non-hydrogen) atoms. The molecule has 1 aromatic rings. The summed E-state index contributed by atoms with van der Waals surface area (Å²) < 4.78 is 4.71. The minimum atomic E-state index is -0.878. The van der Waals surface area contributed by atoms with Gasteiger partial charge in [0, 0.05) is 19.3 Å². The van der Waals surface area contributed by atoms with Gasteiger partial charge in [-0.15, -0.1) is 0 Å². The first-order valence-electron chi connectivity index (χ1n) is 7.16. The highest BCUT2D eigenvalue weighted by Gasteiger charge is 2.21. The number of ether oxygens (including phenoxy) is 1. The SMILES string of the molecule is COC(=O)[C@H](Cc1ccccc1)NC(=O)CCCCC(=O)O. The Morgan fingerprint density at radius 1 is 1.14 bits per heavy atom. The Labute approximate surface area is 129 Å². The quantitative estimate of drug-likeness (QED) is 0.533. The largest absolute Gasteiger partial charge is 0.481 e. The number of carboxylic acids is 1. The molecule has 0 saturated heterocycles. The molecule has 0 aliphatic carbocycles. The predicted molar refractivity (Wildman–Crippen MR) is 80.2 cm³/mol. The van der Waals surface area contributed by atoms with E-state index in [0.29, 0.717) is 19.3 Å². The zero-order valence-electron chi connectivity index (χ0n) is 12.6. The Morgan fingerprint density at radius 2 is 1.77 bits per heavy atom. The molecule has 2 N–H and O–H groups in total. The second kappa shape index (κ2) is 9.55. The lowest BCUT2D eigenvalue weighted by Crippen LogP contribution is -2.43. The monoisotopic (exact) mass is 307 g/mol. The number of hydrogen-bond donors (Lipinski definition) is 2. The van der Waals surface area contributed by atoms with Crippen LogP contribution in [0.3, 0.4) is 0 Å². The summed E-state index contributed by atoms with van der Waals surface area (Å²) in [6.07, 6.45) is 1.49. The van der Waals surface area contributed by atoms with Crippen molar-refractivity contribution in [1.29, 1.82) is 0 Å². The van der Waals surface area contributed by atoms with Gasteiger partial charge in [0.1, 0.15) is 6.04 Å². The standard InChI is InChI=1S/C16H21NO5/c1-22-16(21)13(11-12-7-3-2-4-8-12)17-14(18)9-5-6-10-15(19)20/h2-4,7-8,13H,5-6,9-11H2,1H3,(H,17,18)(H,19,20)/t13-/m0/s1. The third-order valence-electron chi connectivity index (χ3n) is 3.15. The number of carbonyl (C=O) groups excluding carboxylic acids is 2. The molecule has 0 bridgehead atoms. The van der Waals surface area contributed by atoms with Gasteiger partial charge in [0.2, 0.25) is 5.91 Å². The number of rotatable bonds is 9. The van der Waals surface area contributed by atoms with Crippen molar-refractivity contribution in [2.45, 2.75) is 38.1 Å². The summed E-state index contributed by atoms with van der Waals surface area (Å²) in [5.74, 6) is -1.66. The van der Waals surface area contributed by atoms with Crippen molar-refractivity contribution in [2.24, 2.45) is 0 Å². The average molecular weight is 307 g/mol. The summed E-state index contributed by atoms with van der Waals surface area (Å²) in [4.78, 5) is 34.0. The summed E-state index contributed by atoms with van der Waals surface area (Å²) in [7, 11) is 1.28. The lowest BCUT2D eigenvalue weighted by Gasteiger charge is -2.16. The first-order chi connectivity index (χ1) is 10.5. The van der Waals surface area contributed by atoms with Gasteiger partial charge in [-0.25, -0.2) is 4.79 Å². The molecule has 6 heteroatoms. The van der Waals surface area contributed by atoms with Gasteiger partial charge in [0.15, 0.2) is 0 Å². The normalized spacial score (nSPS) is 11.5. The lowest BCUT2D eigenvalue weighted by molar-refractivity contribution is -0.145. The molecule has 1 rings (SSSR count). The first-order valence-corrected chi connectivity index (χ1v) is 7.16. The number of hydrogen-bond acceptors (Lipinski definition) is 4. The number of amides is 1. The number of methoxy groups -OCH3 is 1. The molecular weight excluding hydrogens is 286 g/mol. The summed E-state index contributed by atoms with van der Waals surface area (Å²) >= 11 is 0. The second-order valence-electron chi connectivity index (χ2n) is 4.93. The Kier molecular flexibility index (Phi) is 7.67. The smallest absolute Gasteiger partial charge is 0.328 e. The molecule has 0 unspecified atom stereocenters. The van der Waals surface area contributed by atoms with E-state index < -0.39 is 18.0 Å². The molecule has 6 nitrogen and oxygen atoms in total. The Balaban J connectivity index is 2.49. The van der Waals surface area contributed by atoms with E-state index in [4.69, 9.17) is 9.84 Å². The van der Waals surface area contributed by atoms with E-state index >= 15 is 0 Å². The van der Waals surface area contributed by atoms with E-state index in [1.165, 1.54) is 7.11 Å². The molecule has 0 aliphatic heterocycles. The fraction of sp³-hybridized carbons (Fsp3) is 0.438. The van der Waals surface area contributed by atoms with E-state index in [9.17, 15) is 14.4 Å². The van der Waals surface area contributed by atoms with E-state index in [2.05, 4.69) is 5.32 Å². The van der Waals surface area contributed by atoms with Crippen LogP contribution in [0.2, 0.25) is 0 Å². The van der Waals surface area contributed by atoms with Crippen molar-refractivity contribution in [1.82, 2.24) is 5.32 Å². The molecule has 1 amide bonds. The number of benzene rings is 1. The molecule has 0 aliphatic rings. The zero-order chi connectivity index (χ0) is 16.4. The predicted octanol–water partition coefficient (Wildman–Crippen LogP) is 1.53.